The van der Waals surface area contributed by atoms with Crippen LogP contribution in [0.4, 0.5) is 0 Å². The Bertz CT molecular complexity index is 435. The van der Waals surface area contributed by atoms with E-state index in [4.69, 9.17) is 0 Å². The minimum Gasteiger partial charge on any atom is -0.298 e. The summed E-state index contributed by atoms with van der Waals surface area (Å²) < 4.78 is 0.977. The summed E-state index contributed by atoms with van der Waals surface area (Å²) in [6, 6.07) is 1.94. The number of hydrogen-bond donors (Lipinski definition) is 1. The summed E-state index contributed by atoms with van der Waals surface area (Å²) in [7, 11) is 0. The number of nitrogens with one attached hydrogen (secondary N) is 1. The fraction of sp³-hybridized carbons (Fsp3) is 0. The van der Waals surface area contributed by atoms with Crippen molar-refractivity contribution in [3.63, 3.8) is 0 Å². The van der Waals surface area contributed by atoms with Gasteiger partial charge in [-0.2, -0.15) is 5.10 Å². The fourth-order valence-corrected chi connectivity index (χ4v) is 2.63. The van der Waals surface area contributed by atoms with Gasteiger partial charge in [0.15, 0.2) is 6.29 Å². The van der Waals surface area contributed by atoms with Crippen molar-refractivity contribution < 1.29 is 4.79 Å². The highest BCUT2D eigenvalue weighted by Crippen LogP contribution is 2.33. The molecule has 0 aromatic carbocycles. The van der Waals surface area contributed by atoms with Crippen molar-refractivity contribution in [2.24, 2.45) is 0 Å². The standard InChI is InChI=1S/C8H5BrN2OS/c9-6-1-2-13-8(6)7-5(4-12)3-10-11-7/h1-4H,(H,10,11). The van der Waals surface area contributed by atoms with Crippen LogP contribution in [0.2, 0.25) is 0 Å². The molecule has 0 saturated heterocycles. The van der Waals surface area contributed by atoms with Crippen LogP contribution in [-0.2, 0) is 0 Å². The lowest BCUT2D eigenvalue weighted by Gasteiger charge is -1.93. The zero-order valence-corrected chi connectivity index (χ0v) is 8.85. The lowest BCUT2D eigenvalue weighted by molar-refractivity contribution is 0.112. The van der Waals surface area contributed by atoms with E-state index in [9.17, 15) is 4.79 Å². The predicted molar refractivity (Wildman–Crippen MR) is 55.0 cm³/mol. The van der Waals surface area contributed by atoms with Crippen molar-refractivity contribution in [3.05, 3.63) is 27.7 Å². The summed E-state index contributed by atoms with van der Waals surface area (Å²) in [5.74, 6) is 0. The number of halogens is 1. The maximum absolute atomic E-state index is 10.6. The molecule has 3 nitrogen and oxygen atoms in total. The molecule has 0 atom stereocenters. The number of aldehydes is 1. The van der Waals surface area contributed by atoms with Crippen LogP contribution >= 0.6 is 27.3 Å². The summed E-state index contributed by atoms with van der Waals surface area (Å²) in [6.07, 6.45) is 2.32. The van der Waals surface area contributed by atoms with E-state index in [-0.39, 0.29) is 0 Å². The summed E-state index contributed by atoms with van der Waals surface area (Å²) in [5.41, 5.74) is 1.36. The molecule has 1 N–H and O–H groups in total. The zero-order valence-electron chi connectivity index (χ0n) is 6.45. The first-order valence-electron chi connectivity index (χ1n) is 3.55. The third kappa shape index (κ3) is 1.45. The summed E-state index contributed by atoms with van der Waals surface area (Å²) in [6.45, 7) is 0. The highest BCUT2D eigenvalue weighted by atomic mass is 79.9. The van der Waals surface area contributed by atoms with Crippen LogP contribution in [0.25, 0.3) is 10.6 Å². The predicted octanol–water partition coefficient (Wildman–Crippen LogP) is 2.71. The molecule has 2 heterocycles. The Morgan fingerprint density at radius 1 is 1.62 bits per heavy atom. The van der Waals surface area contributed by atoms with Crippen molar-refractivity contribution in [3.8, 4) is 10.6 Å². The Labute approximate surface area is 86.9 Å². The lowest BCUT2D eigenvalue weighted by Crippen LogP contribution is -1.80. The van der Waals surface area contributed by atoms with Crippen molar-refractivity contribution in [1.82, 2.24) is 10.2 Å². The Kier molecular flexibility index (Phi) is 2.28. The average molecular weight is 257 g/mol. The van der Waals surface area contributed by atoms with Gasteiger partial charge >= 0.3 is 0 Å². The van der Waals surface area contributed by atoms with Crippen molar-refractivity contribution in [2.75, 3.05) is 0 Å². The first-order valence-corrected chi connectivity index (χ1v) is 5.22. The average Bonchev–Trinajstić information content (AvgIpc) is 2.71. The van der Waals surface area contributed by atoms with Gasteiger partial charge in [0, 0.05) is 4.47 Å². The summed E-state index contributed by atoms with van der Waals surface area (Å²) in [4.78, 5) is 11.6. The molecule has 0 aliphatic heterocycles. The third-order valence-electron chi connectivity index (χ3n) is 1.64. The minimum atomic E-state index is 0.586. The van der Waals surface area contributed by atoms with E-state index in [0.29, 0.717) is 5.56 Å². The molecule has 0 fully saturated rings. The van der Waals surface area contributed by atoms with Crippen LogP contribution < -0.4 is 0 Å². The first kappa shape index (κ1) is 8.65. The maximum atomic E-state index is 10.6. The third-order valence-corrected chi connectivity index (χ3v) is 3.50. The van der Waals surface area contributed by atoms with Gasteiger partial charge in [0.1, 0.15) is 0 Å². The number of nitrogens with zero attached hydrogens (tertiary/aromatic N) is 1. The van der Waals surface area contributed by atoms with E-state index in [1.165, 1.54) is 6.20 Å². The molecule has 0 unspecified atom stereocenters. The Hall–Kier alpha value is -0.940. The van der Waals surface area contributed by atoms with Gasteiger partial charge in [-0.15, -0.1) is 11.3 Å². The van der Waals surface area contributed by atoms with Gasteiger partial charge < -0.3 is 0 Å². The lowest BCUT2D eigenvalue weighted by atomic mass is 10.2. The molecule has 0 spiro atoms. The normalized spacial score (nSPS) is 10.2. The van der Waals surface area contributed by atoms with Gasteiger partial charge in [0.25, 0.3) is 0 Å². The first-order chi connectivity index (χ1) is 6.33. The second kappa shape index (κ2) is 3.43. The number of rotatable bonds is 2. The number of carbonyl (C=O) groups is 1. The van der Waals surface area contributed by atoms with Gasteiger partial charge in [-0.1, -0.05) is 0 Å². The van der Waals surface area contributed by atoms with E-state index < -0.39 is 0 Å². The second-order valence-electron chi connectivity index (χ2n) is 2.42. The minimum absolute atomic E-state index is 0.586. The largest absolute Gasteiger partial charge is 0.298 e. The molecular weight excluding hydrogens is 252 g/mol. The van der Waals surface area contributed by atoms with Crippen LogP contribution in [0.1, 0.15) is 10.4 Å². The van der Waals surface area contributed by atoms with E-state index in [1.807, 2.05) is 11.4 Å². The molecule has 66 valence electrons. The molecule has 0 amide bonds. The SMILES string of the molecule is O=Cc1cn[nH]c1-c1sccc1Br. The molecule has 0 radical (unpaired) electrons. The van der Waals surface area contributed by atoms with Gasteiger partial charge in [0.2, 0.25) is 0 Å². The molecule has 13 heavy (non-hydrogen) atoms. The van der Waals surface area contributed by atoms with Gasteiger partial charge in [-0.05, 0) is 27.4 Å². The molecule has 2 aromatic heterocycles. The van der Waals surface area contributed by atoms with Crippen molar-refractivity contribution in [1.29, 1.82) is 0 Å². The van der Waals surface area contributed by atoms with Gasteiger partial charge in [-0.3, -0.25) is 9.89 Å². The molecule has 0 saturated carbocycles. The molecule has 2 rings (SSSR count). The number of thiophene rings is 1. The molecular formula is C8H5BrN2OS. The van der Waals surface area contributed by atoms with Gasteiger partial charge in [0.05, 0.1) is 22.3 Å². The van der Waals surface area contributed by atoms with Crippen molar-refractivity contribution >= 4 is 33.6 Å². The van der Waals surface area contributed by atoms with Crippen LogP contribution in [0.3, 0.4) is 0 Å². The quantitative estimate of drug-likeness (QED) is 0.841. The summed E-state index contributed by atoms with van der Waals surface area (Å²) >= 11 is 4.96. The molecule has 2 aromatic rings. The van der Waals surface area contributed by atoms with E-state index in [1.54, 1.807) is 11.3 Å². The Morgan fingerprint density at radius 3 is 3.08 bits per heavy atom. The Morgan fingerprint density at radius 2 is 2.46 bits per heavy atom. The fourth-order valence-electron chi connectivity index (χ4n) is 1.04. The molecule has 0 bridgehead atoms. The maximum Gasteiger partial charge on any atom is 0.153 e. The monoisotopic (exact) mass is 256 g/mol. The highest BCUT2D eigenvalue weighted by Gasteiger charge is 2.10. The molecule has 0 aliphatic rings. The topological polar surface area (TPSA) is 45.8 Å². The van der Waals surface area contributed by atoms with Crippen LogP contribution in [0, 0.1) is 0 Å². The molecule has 0 aliphatic carbocycles. The summed E-state index contributed by atoms with van der Waals surface area (Å²) in [5, 5.41) is 8.57. The number of H-pyrrole nitrogens is 1. The smallest absolute Gasteiger partial charge is 0.153 e. The van der Waals surface area contributed by atoms with E-state index >= 15 is 0 Å². The van der Waals surface area contributed by atoms with E-state index in [0.717, 1.165) is 21.3 Å². The number of hydrogen-bond acceptors (Lipinski definition) is 3. The molecule has 5 heteroatoms. The zero-order chi connectivity index (χ0) is 9.26. The van der Waals surface area contributed by atoms with Crippen LogP contribution in [0.5, 0.6) is 0 Å². The van der Waals surface area contributed by atoms with Crippen LogP contribution in [0.15, 0.2) is 22.1 Å². The number of aromatic nitrogens is 2. The van der Waals surface area contributed by atoms with E-state index in [2.05, 4.69) is 26.1 Å². The van der Waals surface area contributed by atoms with Crippen LogP contribution in [-0.4, -0.2) is 16.5 Å². The number of aromatic amines is 1. The second-order valence-corrected chi connectivity index (χ2v) is 4.19. The van der Waals surface area contributed by atoms with Gasteiger partial charge in [-0.25, -0.2) is 0 Å². The van der Waals surface area contributed by atoms with Crippen molar-refractivity contribution in [2.45, 2.75) is 0 Å². The Balaban J connectivity index is 2.58. The number of carbonyl (C=O) groups excluding carboxylic acids is 1. The highest BCUT2D eigenvalue weighted by molar-refractivity contribution is 9.10.